The molecule has 1 aromatic carbocycles. The van der Waals surface area contributed by atoms with E-state index in [-0.39, 0.29) is 22.1 Å². The molecule has 0 heterocycles. The molecule has 0 saturated carbocycles. The summed E-state index contributed by atoms with van der Waals surface area (Å²) in [4.78, 5) is 10.7. The molecule has 10 heteroatoms. The highest BCUT2D eigenvalue weighted by atomic mass is 35.5. The van der Waals surface area contributed by atoms with Crippen LogP contribution in [0, 0.1) is 0 Å². The third-order valence-electron chi connectivity index (χ3n) is 2.18. The lowest BCUT2D eigenvalue weighted by atomic mass is 10.2. The van der Waals surface area contributed by atoms with E-state index in [9.17, 15) is 18.3 Å². The molecule has 0 spiro atoms. The number of amides is 1. The molecule has 1 amide bonds. The van der Waals surface area contributed by atoms with E-state index >= 15 is 0 Å². The second-order valence-corrected chi connectivity index (χ2v) is 5.54. The van der Waals surface area contributed by atoms with Crippen molar-refractivity contribution in [2.75, 3.05) is 13.7 Å². The van der Waals surface area contributed by atoms with Gasteiger partial charge in [-0.25, -0.2) is 0 Å². The van der Waals surface area contributed by atoms with Crippen LogP contribution in [0.5, 0.6) is 11.5 Å². The van der Waals surface area contributed by atoms with E-state index in [2.05, 4.69) is 0 Å². The standard InChI is InChI=1S/C10H12ClNO7S/c1-18-7-3-5(10(14)20(15,16)17)2-6(11)9(7)19-4-8(12)13/h2-3,10,14H,4H2,1H3,(H2,12,13)(H,15,16,17). The lowest BCUT2D eigenvalue weighted by Gasteiger charge is -2.15. The Kier molecular flexibility index (Phi) is 5.17. The summed E-state index contributed by atoms with van der Waals surface area (Å²) >= 11 is 5.85. The monoisotopic (exact) mass is 325 g/mol. The van der Waals surface area contributed by atoms with Gasteiger partial charge in [0, 0.05) is 5.56 Å². The Hall–Kier alpha value is -1.55. The smallest absolute Gasteiger partial charge is 0.296 e. The fourth-order valence-corrected chi connectivity index (χ4v) is 2.09. The predicted molar refractivity (Wildman–Crippen MR) is 69.2 cm³/mol. The first-order valence-corrected chi connectivity index (χ1v) is 6.97. The van der Waals surface area contributed by atoms with Crippen molar-refractivity contribution < 1.29 is 32.3 Å². The summed E-state index contributed by atoms with van der Waals surface area (Å²) in [7, 11) is -3.47. The summed E-state index contributed by atoms with van der Waals surface area (Å²) < 4.78 is 40.5. The summed E-state index contributed by atoms with van der Waals surface area (Å²) in [6.45, 7) is -0.462. The predicted octanol–water partition coefficient (Wildman–Crippen LogP) is 0.0914. The van der Waals surface area contributed by atoms with E-state index in [1.807, 2.05) is 0 Å². The van der Waals surface area contributed by atoms with Gasteiger partial charge in [-0.2, -0.15) is 8.42 Å². The van der Waals surface area contributed by atoms with E-state index in [1.165, 1.54) is 7.11 Å². The Balaban J connectivity index is 3.23. The van der Waals surface area contributed by atoms with Crippen molar-refractivity contribution in [2.24, 2.45) is 5.73 Å². The minimum Gasteiger partial charge on any atom is -0.493 e. The van der Waals surface area contributed by atoms with Crippen LogP contribution in [0.15, 0.2) is 12.1 Å². The zero-order valence-corrected chi connectivity index (χ0v) is 11.8. The Labute approximate surface area is 119 Å². The molecule has 1 unspecified atom stereocenters. The number of halogens is 1. The Morgan fingerprint density at radius 3 is 2.55 bits per heavy atom. The molecule has 112 valence electrons. The molecule has 0 radical (unpaired) electrons. The molecule has 0 fully saturated rings. The topological polar surface area (TPSA) is 136 Å². The third-order valence-corrected chi connectivity index (χ3v) is 3.30. The van der Waals surface area contributed by atoms with Gasteiger partial charge in [0.15, 0.2) is 18.1 Å². The molecule has 8 nitrogen and oxygen atoms in total. The molecule has 0 aliphatic carbocycles. The molecular weight excluding hydrogens is 314 g/mol. The molecule has 1 atom stereocenters. The number of nitrogens with two attached hydrogens (primary N) is 1. The maximum absolute atomic E-state index is 10.9. The lowest BCUT2D eigenvalue weighted by Crippen LogP contribution is -2.20. The number of ether oxygens (including phenoxy) is 2. The van der Waals surface area contributed by atoms with Gasteiger partial charge in [-0.15, -0.1) is 0 Å². The summed E-state index contributed by atoms with van der Waals surface area (Å²) in [5.74, 6) is -0.819. The van der Waals surface area contributed by atoms with E-state index in [4.69, 9.17) is 31.4 Å². The lowest BCUT2D eigenvalue weighted by molar-refractivity contribution is -0.119. The van der Waals surface area contributed by atoms with Crippen LogP contribution in [0.4, 0.5) is 0 Å². The number of methoxy groups -OCH3 is 1. The molecule has 1 rings (SSSR count). The van der Waals surface area contributed by atoms with Gasteiger partial charge >= 0.3 is 0 Å². The average molecular weight is 326 g/mol. The fraction of sp³-hybridized carbons (Fsp3) is 0.300. The second-order valence-electron chi connectivity index (χ2n) is 3.66. The first kappa shape index (κ1) is 16.5. The summed E-state index contributed by atoms with van der Waals surface area (Å²) in [5.41, 5.74) is 2.51. The first-order chi connectivity index (χ1) is 9.16. The Morgan fingerprint density at radius 1 is 1.50 bits per heavy atom. The number of primary amides is 1. The molecule has 4 N–H and O–H groups in total. The summed E-state index contributed by atoms with van der Waals surface area (Å²) in [5, 5.41) is 9.32. The van der Waals surface area contributed by atoms with Crippen molar-refractivity contribution in [2.45, 2.75) is 5.44 Å². The third kappa shape index (κ3) is 3.97. The van der Waals surface area contributed by atoms with Crippen molar-refractivity contribution in [3.63, 3.8) is 0 Å². The average Bonchev–Trinajstić information content (AvgIpc) is 2.34. The molecule has 1 aromatic rings. The van der Waals surface area contributed by atoms with Gasteiger partial charge in [0.05, 0.1) is 12.1 Å². The largest absolute Gasteiger partial charge is 0.493 e. The number of rotatable bonds is 6. The zero-order chi connectivity index (χ0) is 15.5. The molecule has 0 aliphatic rings. The first-order valence-electron chi connectivity index (χ1n) is 5.09. The molecule has 0 saturated heterocycles. The van der Waals surface area contributed by atoms with Gasteiger partial charge in [-0.3, -0.25) is 9.35 Å². The van der Waals surface area contributed by atoms with Crippen LogP contribution in [0.25, 0.3) is 0 Å². The molecule has 0 bridgehead atoms. The molecule has 0 aliphatic heterocycles. The molecular formula is C10H12ClNO7S. The van der Waals surface area contributed by atoms with E-state index in [1.54, 1.807) is 0 Å². The number of hydrogen-bond acceptors (Lipinski definition) is 6. The number of carbonyl (C=O) groups is 1. The van der Waals surface area contributed by atoms with E-state index in [0.717, 1.165) is 12.1 Å². The summed E-state index contributed by atoms with van der Waals surface area (Å²) in [6.07, 6.45) is 0. The van der Waals surface area contributed by atoms with E-state index < -0.39 is 28.1 Å². The van der Waals surface area contributed by atoms with Crippen LogP contribution in [0.1, 0.15) is 11.0 Å². The minimum absolute atomic E-state index is 0.0311. The van der Waals surface area contributed by atoms with Gasteiger partial charge in [-0.05, 0) is 12.1 Å². The number of carbonyl (C=O) groups excluding carboxylic acids is 1. The highest BCUT2D eigenvalue weighted by Gasteiger charge is 2.25. The van der Waals surface area contributed by atoms with Crippen LogP contribution in [0.3, 0.4) is 0 Å². The quantitative estimate of drug-likeness (QED) is 0.630. The summed E-state index contributed by atoms with van der Waals surface area (Å²) in [6, 6.07) is 2.15. The SMILES string of the molecule is COc1cc(C(O)S(=O)(=O)O)cc(Cl)c1OCC(N)=O. The van der Waals surface area contributed by atoms with Crippen LogP contribution in [-0.2, 0) is 14.9 Å². The number of hydrogen-bond donors (Lipinski definition) is 3. The maximum atomic E-state index is 10.9. The van der Waals surface area contributed by atoms with Gasteiger partial charge in [-0.1, -0.05) is 11.6 Å². The van der Waals surface area contributed by atoms with Crippen LogP contribution in [0.2, 0.25) is 5.02 Å². The van der Waals surface area contributed by atoms with Gasteiger partial charge in [0.2, 0.25) is 5.44 Å². The minimum atomic E-state index is -4.71. The van der Waals surface area contributed by atoms with Crippen molar-refractivity contribution >= 4 is 27.6 Å². The highest BCUT2D eigenvalue weighted by Crippen LogP contribution is 2.38. The van der Waals surface area contributed by atoms with Gasteiger partial charge in [0.1, 0.15) is 0 Å². The van der Waals surface area contributed by atoms with Crippen molar-refractivity contribution in [3.8, 4) is 11.5 Å². The second kappa shape index (κ2) is 6.27. The number of aliphatic hydroxyl groups excluding tert-OH is 1. The van der Waals surface area contributed by atoms with Crippen LogP contribution < -0.4 is 15.2 Å². The zero-order valence-electron chi connectivity index (χ0n) is 10.2. The van der Waals surface area contributed by atoms with Gasteiger partial charge < -0.3 is 20.3 Å². The van der Waals surface area contributed by atoms with Crippen molar-refractivity contribution in [3.05, 3.63) is 22.7 Å². The molecule has 20 heavy (non-hydrogen) atoms. The fourth-order valence-electron chi connectivity index (χ4n) is 1.34. The molecule has 0 aromatic heterocycles. The van der Waals surface area contributed by atoms with Crippen LogP contribution in [-0.4, -0.2) is 37.7 Å². The number of aliphatic hydroxyl groups is 1. The Bertz CT molecular complexity index is 616. The van der Waals surface area contributed by atoms with E-state index in [0.29, 0.717) is 0 Å². The van der Waals surface area contributed by atoms with Crippen molar-refractivity contribution in [1.82, 2.24) is 0 Å². The maximum Gasteiger partial charge on any atom is 0.296 e. The van der Waals surface area contributed by atoms with Crippen LogP contribution >= 0.6 is 11.6 Å². The van der Waals surface area contributed by atoms with Crippen molar-refractivity contribution in [1.29, 1.82) is 0 Å². The highest BCUT2D eigenvalue weighted by molar-refractivity contribution is 7.85. The Morgan fingerprint density at radius 2 is 2.10 bits per heavy atom. The number of benzene rings is 1. The normalized spacial score (nSPS) is 12.8. The van der Waals surface area contributed by atoms with Gasteiger partial charge in [0.25, 0.3) is 16.0 Å².